The van der Waals surface area contributed by atoms with E-state index in [1.807, 2.05) is 26.4 Å². The zero-order chi connectivity index (χ0) is 63.4. The highest BCUT2D eigenvalue weighted by Crippen LogP contribution is 2.40. The molecule has 3 aromatic heterocycles. The second-order valence-electron chi connectivity index (χ2n) is 23.9. The van der Waals surface area contributed by atoms with Crippen LogP contribution in [0.15, 0.2) is 346 Å². The number of hydrogen-bond donors (Lipinski definition) is 0. The minimum absolute atomic E-state index is 0.697. The molecule has 13 aromatic carbocycles. The first-order chi connectivity index (χ1) is 46.9. The lowest BCUT2D eigenvalue weighted by molar-refractivity contribution is 0.804. The van der Waals surface area contributed by atoms with Crippen molar-refractivity contribution in [2.24, 2.45) is 0 Å². The van der Waals surface area contributed by atoms with Crippen LogP contribution < -0.4 is 0 Å². The highest BCUT2D eigenvalue weighted by atomic mass is 15.4. The van der Waals surface area contributed by atoms with E-state index in [-0.39, 0.29) is 0 Å². The van der Waals surface area contributed by atoms with Gasteiger partial charge in [0.15, 0.2) is 0 Å². The minimum atomic E-state index is 0.697. The van der Waals surface area contributed by atoms with Gasteiger partial charge in [-0.15, -0.1) is 10.2 Å². The van der Waals surface area contributed by atoms with Crippen molar-refractivity contribution in [1.29, 1.82) is 0 Å². The first kappa shape index (κ1) is 57.5. The fourth-order valence-corrected chi connectivity index (χ4v) is 12.8. The Morgan fingerprint density at radius 1 is 0.221 bits per heavy atom. The van der Waals surface area contributed by atoms with Crippen LogP contribution in [0.5, 0.6) is 0 Å². The second-order valence-corrected chi connectivity index (χ2v) is 23.9. The molecule has 8 nitrogen and oxygen atoms in total. The van der Waals surface area contributed by atoms with Crippen LogP contribution in [0.1, 0.15) is 12.6 Å². The average Bonchev–Trinajstić information content (AvgIpc) is 1.76. The van der Waals surface area contributed by atoms with E-state index < -0.39 is 0 Å². The Morgan fingerprint density at radius 2 is 0.474 bits per heavy atom. The van der Waals surface area contributed by atoms with E-state index in [9.17, 15) is 0 Å². The normalized spacial score (nSPS) is 11.3. The van der Waals surface area contributed by atoms with E-state index in [1.54, 1.807) is 0 Å². The standard InChI is InChI=1S/C87H62N8/c1-2-85-84(57-93(90-85)81-39-21-36-66(54-81)75-45-69(60-24-9-3-10-25-60)42-70(46-75)61-26-11-4-12-27-61)78-51-79(86-58-94(91-88-86)82-40-22-37-67(55-82)76-47-71(62-28-13-5-14-29-62)43-72(48-76)63-30-15-6-16-31-63)53-80(52-78)87-59-95(92-89-87)83-41-23-38-68(56-83)77-49-73(64-32-17-7-18-33-64)44-74(50-77)65-34-19-8-20-35-65/h3-59H,2H2,1H3. The van der Waals surface area contributed by atoms with Gasteiger partial charge in [0.25, 0.3) is 0 Å². The van der Waals surface area contributed by atoms with Crippen LogP contribution in [0.25, 0.3) is 151 Å². The summed E-state index contributed by atoms with van der Waals surface area (Å²) in [6.45, 7) is 2.16. The molecule has 0 fully saturated rings. The molecule has 16 rings (SSSR count). The predicted octanol–water partition coefficient (Wildman–Crippen LogP) is 21.6. The summed E-state index contributed by atoms with van der Waals surface area (Å²) in [6.07, 6.45) is 6.89. The summed E-state index contributed by atoms with van der Waals surface area (Å²) < 4.78 is 5.76. The van der Waals surface area contributed by atoms with Gasteiger partial charge in [-0.1, -0.05) is 236 Å². The molecule has 95 heavy (non-hydrogen) atoms. The van der Waals surface area contributed by atoms with E-state index >= 15 is 0 Å². The van der Waals surface area contributed by atoms with E-state index in [0.29, 0.717) is 17.8 Å². The molecule has 0 radical (unpaired) electrons. The molecule has 0 aliphatic heterocycles. The molecule has 0 bridgehead atoms. The Kier molecular flexibility index (Phi) is 15.5. The SMILES string of the molecule is CCc1nn(-c2cccc(-c3cc(-c4ccccc4)cc(-c4ccccc4)c3)c2)cc1-c1cc(-c2cn(-c3cccc(-c4cc(-c5ccccc5)cc(-c5ccccc5)c4)c3)nn2)cc(-c2cn(-c3cccc(-c4cc(-c5ccccc5)cc(-c5ccccc5)c4)c3)nn2)c1. The third-order valence-corrected chi connectivity index (χ3v) is 17.7. The number of aryl methyl sites for hydroxylation is 1. The molecular formula is C87H62N8. The van der Waals surface area contributed by atoms with Crippen molar-refractivity contribution in [3.8, 4) is 151 Å². The van der Waals surface area contributed by atoms with Crippen molar-refractivity contribution in [2.45, 2.75) is 13.3 Å². The van der Waals surface area contributed by atoms with Gasteiger partial charge in [0, 0.05) is 22.9 Å². The Labute approximate surface area is 552 Å². The zero-order valence-corrected chi connectivity index (χ0v) is 52.2. The number of nitrogens with zero attached hydrogens (tertiary/aromatic N) is 8. The molecule has 3 heterocycles. The number of hydrogen-bond acceptors (Lipinski definition) is 5. The van der Waals surface area contributed by atoms with Gasteiger partial charge in [-0.05, 0) is 221 Å². The minimum Gasteiger partial charge on any atom is -0.240 e. The summed E-state index contributed by atoms with van der Waals surface area (Å²) in [5, 5.41) is 24.8. The van der Waals surface area contributed by atoms with Crippen LogP contribution in [0.3, 0.4) is 0 Å². The highest BCUT2D eigenvalue weighted by molar-refractivity contribution is 5.86. The van der Waals surface area contributed by atoms with Crippen molar-refractivity contribution < 1.29 is 0 Å². The van der Waals surface area contributed by atoms with Crippen molar-refractivity contribution in [3.05, 3.63) is 352 Å². The Balaban J connectivity index is 0.782. The summed E-state index contributed by atoms with van der Waals surface area (Å²) in [5.74, 6) is 0. The first-order valence-electron chi connectivity index (χ1n) is 32.1. The van der Waals surface area contributed by atoms with Crippen molar-refractivity contribution >= 4 is 0 Å². The molecule has 0 saturated heterocycles. The third kappa shape index (κ3) is 12.1. The Bertz CT molecular complexity index is 4990. The quantitative estimate of drug-likeness (QED) is 0.0963. The van der Waals surface area contributed by atoms with E-state index in [1.165, 1.54) is 11.1 Å². The lowest BCUT2D eigenvalue weighted by Crippen LogP contribution is -1.96. The van der Waals surface area contributed by atoms with Crippen LogP contribution in [0.4, 0.5) is 0 Å². The van der Waals surface area contributed by atoms with Crippen LogP contribution in [-0.2, 0) is 6.42 Å². The molecule has 0 aliphatic carbocycles. The molecule has 450 valence electrons. The fraction of sp³-hybridized carbons (Fsp3) is 0.0230. The summed E-state index contributed by atoms with van der Waals surface area (Å²) >= 11 is 0. The maximum absolute atomic E-state index is 5.34. The maximum atomic E-state index is 5.34. The molecule has 0 unspecified atom stereocenters. The third-order valence-electron chi connectivity index (χ3n) is 17.7. The van der Waals surface area contributed by atoms with E-state index in [4.69, 9.17) is 25.7 Å². The Morgan fingerprint density at radius 3 is 0.768 bits per heavy atom. The topological polar surface area (TPSA) is 79.2 Å². The largest absolute Gasteiger partial charge is 0.240 e. The maximum Gasteiger partial charge on any atom is 0.113 e. The van der Waals surface area contributed by atoms with Gasteiger partial charge in [-0.25, -0.2) is 14.0 Å². The second kappa shape index (κ2) is 25.6. The Hall–Kier alpha value is -12.7. The number of benzene rings is 13. The molecule has 0 aliphatic rings. The van der Waals surface area contributed by atoms with Gasteiger partial charge < -0.3 is 0 Å². The first-order valence-corrected chi connectivity index (χ1v) is 32.1. The molecule has 0 spiro atoms. The molecule has 0 saturated carbocycles. The molecule has 16 aromatic rings. The van der Waals surface area contributed by atoms with Crippen molar-refractivity contribution in [2.75, 3.05) is 0 Å². The summed E-state index contributed by atoms with van der Waals surface area (Å²) in [7, 11) is 0. The van der Waals surface area contributed by atoms with Gasteiger partial charge in [0.2, 0.25) is 0 Å². The lowest BCUT2D eigenvalue weighted by atomic mass is 9.93. The fourth-order valence-electron chi connectivity index (χ4n) is 12.8. The van der Waals surface area contributed by atoms with Crippen molar-refractivity contribution in [3.63, 3.8) is 0 Å². The van der Waals surface area contributed by atoms with E-state index in [0.717, 1.165) is 134 Å². The van der Waals surface area contributed by atoms with Crippen LogP contribution >= 0.6 is 0 Å². The van der Waals surface area contributed by atoms with E-state index in [2.05, 4.69) is 341 Å². The van der Waals surface area contributed by atoms with Crippen molar-refractivity contribution in [1.82, 2.24) is 39.8 Å². The molecule has 0 atom stereocenters. The molecular weight excluding hydrogens is 1160 g/mol. The predicted molar refractivity (Wildman–Crippen MR) is 388 cm³/mol. The highest BCUT2D eigenvalue weighted by Gasteiger charge is 2.20. The van der Waals surface area contributed by atoms with Gasteiger partial charge in [-0.2, -0.15) is 5.10 Å². The average molecular weight is 1220 g/mol. The van der Waals surface area contributed by atoms with Gasteiger partial charge in [0.1, 0.15) is 11.4 Å². The zero-order valence-electron chi connectivity index (χ0n) is 52.2. The van der Waals surface area contributed by atoms with Crippen LogP contribution in [0.2, 0.25) is 0 Å². The molecule has 8 heteroatoms. The smallest absolute Gasteiger partial charge is 0.113 e. The summed E-state index contributed by atoms with van der Waals surface area (Å²) in [6, 6.07) is 116. The van der Waals surface area contributed by atoms with Gasteiger partial charge in [0.05, 0.1) is 35.1 Å². The number of rotatable bonds is 16. The van der Waals surface area contributed by atoms with Gasteiger partial charge in [-0.3, -0.25) is 0 Å². The van der Waals surface area contributed by atoms with Crippen LogP contribution in [0, 0.1) is 0 Å². The molecule has 0 amide bonds. The summed E-state index contributed by atoms with van der Waals surface area (Å²) in [5.41, 5.74) is 29.2. The monoisotopic (exact) mass is 1220 g/mol. The molecule has 0 N–H and O–H groups in total. The van der Waals surface area contributed by atoms with Crippen LogP contribution in [-0.4, -0.2) is 39.8 Å². The number of aromatic nitrogens is 8. The lowest BCUT2D eigenvalue weighted by Gasteiger charge is -2.12. The van der Waals surface area contributed by atoms with Gasteiger partial charge >= 0.3 is 0 Å². The summed E-state index contributed by atoms with van der Waals surface area (Å²) in [4.78, 5) is 0.